The van der Waals surface area contributed by atoms with Crippen molar-refractivity contribution in [1.82, 2.24) is 15.4 Å². The molecule has 16 heavy (non-hydrogen) atoms. The van der Waals surface area contributed by atoms with Crippen LogP contribution in [-0.4, -0.2) is 21.3 Å². The first-order valence-electron chi connectivity index (χ1n) is 4.39. The number of aryl methyl sites for hydroxylation is 1. The predicted octanol–water partition coefficient (Wildman–Crippen LogP) is 0.830. The van der Waals surface area contributed by atoms with Crippen LogP contribution in [0, 0.1) is 18.3 Å². The molecule has 2 rings (SSSR count). The second-order valence-corrected chi connectivity index (χ2v) is 3.05. The zero-order chi connectivity index (χ0) is 11.5. The Morgan fingerprint density at radius 3 is 3.12 bits per heavy atom. The van der Waals surface area contributed by atoms with Crippen molar-refractivity contribution >= 4 is 11.7 Å². The van der Waals surface area contributed by atoms with Crippen LogP contribution in [0.1, 0.15) is 21.8 Å². The number of nitriles is 1. The minimum atomic E-state index is -0.461. The van der Waals surface area contributed by atoms with Crippen molar-refractivity contribution in [2.24, 2.45) is 0 Å². The molecule has 1 amide bonds. The highest BCUT2D eigenvalue weighted by atomic mass is 16.5. The van der Waals surface area contributed by atoms with Gasteiger partial charge in [0.1, 0.15) is 23.2 Å². The molecule has 0 saturated carbocycles. The van der Waals surface area contributed by atoms with E-state index in [1.165, 1.54) is 12.3 Å². The molecule has 0 bridgehead atoms. The molecule has 0 aliphatic heterocycles. The van der Waals surface area contributed by atoms with Gasteiger partial charge >= 0.3 is 0 Å². The molecule has 0 aromatic carbocycles. The Labute approximate surface area is 90.0 Å². The van der Waals surface area contributed by atoms with Crippen molar-refractivity contribution in [3.8, 4) is 6.07 Å². The van der Waals surface area contributed by atoms with Gasteiger partial charge in [-0.1, -0.05) is 5.16 Å². The van der Waals surface area contributed by atoms with E-state index in [9.17, 15) is 4.79 Å². The molecule has 0 aliphatic carbocycles. The van der Waals surface area contributed by atoms with Gasteiger partial charge in [0.15, 0.2) is 5.69 Å². The number of hydrogen-bond acceptors (Lipinski definition) is 5. The molecule has 0 unspecified atom stereocenters. The largest absolute Gasteiger partial charge is 0.361 e. The summed E-state index contributed by atoms with van der Waals surface area (Å²) in [5.74, 6) is 0.320. The van der Waals surface area contributed by atoms with Crippen LogP contribution in [0.25, 0.3) is 0 Å². The van der Waals surface area contributed by atoms with Crippen LogP contribution in [-0.2, 0) is 0 Å². The van der Waals surface area contributed by atoms with Crippen molar-refractivity contribution < 1.29 is 9.32 Å². The molecule has 0 fully saturated rings. The highest BCUT2D eigenvalue weighted by molar-refractivity contribution is 6.02. The van der Waals surface area contributed by atoms with E-state index in [0.717, 1.165) is 0 Å². The van der Waals surface area contributed by atoms with E-state index in [2.05, 4.69) is 20.7 Å². The zero-order valence-corrected chi connectivity index (χ0v) is 8.31. The molecule has 7 heteroatoms. The summed E-state index contributed by atoms with van der Waals surface area (Å²) in [5.41, 5.74) is 0.407. The number of H-pyrrole nitrogens is 1. The first-order chi connectivity index (χ1) is 7.70. The van der Waals surface area contributed by atoms with Crippen molar-refractivity contribution in [3.63, 3.8) is 0 Å². The molecule has 2 aromatic heterocycles. The third kappa shape index (κ3) is 1.76. The van der Waals surface area contributed by atoms with Crippen LogP contribution in [0.15, 0.2) is 16.8 Å². The first-order valence-corrected chi connectivity index (χ1v) is 4.39. The van der Waals surface area contributed by atoms with Crippen LogP contribution in [0.5, 0.6) is 0 Å². The highest BCUT2D eigenvalue weighted by Crippen LogP contribution is 2.11. The summed E-state index contributed by atoms with van der Waals surface area (Å²) in [6.07, 6.45) is 1.32. The smallest absolute Gasteiger partial charge is 0.279 e. The summed E-state index contributed by atoms with van der Waals surface area (Å²) in [6, 6.07) is 3.38. The van der Waals surface area contributed by atoms with E-state index in [1.807, 2.05) is 6.07 Å². The maximum atomic E-state index is 11.6. The number of nitrogens with one attached hydrogen (secondary N) is 2. The Hall–Kier alpha value is -2.62. The lowest BCUT2D eigenvalue weighted by molar-refractivity contribution is 0.101. The third-order valence-corrected chi connectivity index (χ3v) is 1.86. The molecule has 0 radical (unpaired) electrons. The molecule has 2 heterocycles. The van der Waals surface area contributed by atoms with Gasteiger partial charge in [-0.25, -0.2) is 0 Å². The zero-order valence-electron chi connectivity index (χ0n) is 8.31. The molecule has 0 atom stereocenters. The number of hydrogen-bond donors (Lipinski definition) is 2. The lowest BCUT2D eigenvalue weighted by atomic mass is 10.3. The van der Waals surface area contributed by atoms with Crippen molar-refractivity contribution in [1.29, 1.82) is 5.26 Å². The predicted molar refractivity (Wildman–Crippen MR) is 52.5 cm³/mol. The second-order valence-electron chi connectivity index (χ2n) is 3.05. The SMILES string of the molecule is Cc1cc(C(=O)Nc2[nH]ncc2C#N)no1. The van der Waals surface area contributed by atoms with Gasteiger partial charge in [-0.05, 0) is 6.92 Å². The van der Waals surface area contributed by atoms with Gasteiger partial charge in [-0.3, -0.25) is 9.89 Å². The molecule has 7 nitrogen and oxygen atoms in total. The number of aromatic nitrogens is 3. The minimum absolute atomic E-state index is 0.149. The first kappa shape index (κ1) is 9.92. The average molecular weight is 217 g/mol. The van der Waals surface area contributed by atoms with Crippen LogP contribution < -0.4 is 5.32 Å². The topological polar surface area (TPSA) is 108 Å². The van der Waals surface area contributed by atoms with Gasteiger partial charge in [0.25, 0.3) is 5.91 Å². The lowest BCUT2D eigenvalue weighted by Gasteiger charge is -1.98. The molecule has 80 valence electrons. The Balaban J connectivity index is 2.17. The quantitative estimate of drug-likeness (QED) is 0.774. The fraction of sp³-hybridized carbons (Fsp3) is 0.111. The van der Waals surface area contributed by atoms with Gasteiger partial charge in [0.05, 0.1) is 6.20 Å². The second kappa shape index (κ2) is 3.86. The lowest BCUT2D eigenvalue weighted by Crippen LogP contribution is -2.13. The average Bonchev–Trinajstić information content (AvgIpc) is 2.86. The molecule has 2 aromatic rings. The molecular weight excluding hydrogens is 210 g/mol. The number of carbonyl (C=O) groups is 1. The van der Waals surface area contributed by atoms with Crippen LogP contribution >= 0.6 is 0 Å². The summed E-state index contributed by atoms with van der Waals surface area (Å²) in [7, 11) is 0. The summed E-state index contributed by atoms with van der Waals surface area (Å²) in [4.78, 5) is 11.6. The van der Waals surface area contributed by atoms with E-state index in [-0.39, 0.29) is 17.1 Å². The fourth-order valence-corrected chi connectivity index (χ4v) is 1.12. The number of rotatable bonds is 2. The molecule has 2 N–H and O–H groups in total. The Morgan fingerprint density at radius 1 is 1.69 bits per heavy atom. The molecular formula is C9H7N5O2. The van der Waals surface area contributed by atoms with Gasteiger partial charge in [-0.2, -0.15) is 10.4 Å². The highest BCUT2D eigenvalue weighted by Gasteiger charge is 2.13. The number of carbonyl (C=O) groups excluding carboxylic acids is 1. The summed E-state index contributed by atoms with van der Waals surface area (Å²) >= 11 is 0. The monoisotopic (exact) mass is 217 g/mol. The van der Waals surface area contributed by atoms with E-state index in [0.29, 0.717) is 5.76 Å². The molecule has 0 saturated heterocycles. The summed E-state index contributed by atoms with van der Waals surface area (Å²) in [6.45, 7) is 1.68. The summed E-state index contributed by atoms with van der Waals surface area (Å²) in [5, 5.41) is 20.9. The van der Waals surface area contributed by atoms with Gasteiger partial charge in [-0.15, -0.1) is 0 Å². The van der Waals surface area contributed by atoms with E-state index in [1.54, 1.807) is 6.92 Å². The van der Waals surface area contributed by atoms with E-state index in [4.69, 9.17) is 9.78 Å². The van der Waals surface area contributed by atoms with Gasteiger partial charge < -0.3 is 9.84 Å². The van der Waals surface area contributed by atoms with Crippen LogP contribution in [0.2, 0.25) is 0 Å². The normalized spacial score (nSPS) is 9.75. The van der Waals surface area contributed by atoms with Crippen molar-refractivity contribution in [2.75, 3.05) is 5.32 Å². The van der Waals surface area contributed by atoms with E-state index < -0.39 is 5.91 Å². The molecule has 0 aliphatic rings. The van der Waals surface area contributed by atoms with Crippen LogP contribution in [0.4, 0.5) is 5.82 Å². The summed E-state index contributed by atoms with van der Waals surface area (Å²) < 4.78 is 4.76. The van der Waals surface area contributed by atoms with Gasteiger partial charge in [0, 0.05) is 6.07 Å². The maximum Gasteiger partial charge on any atom is 0.279 e. The van der Waals surface area contributed by atoms with Gasteiger partial charge in [0.2, 0.25) is 0 Å². The molecule has 0 spiro atoms. The Kier molecular flexibility index (Phi) is 2.39. The Bertz CT molecular complexity index is 562. The Morgan fingerprint density at radius 2 is 2.50 bits per heavy atom. The van der Waals surface area contributed by atoms with Crippen molar-refractivity contribution in [2.45, 2.75) is 6.92 Å². The third-order valence-electron chi connectivity index (χ3n) is 1.86. The fourth-order valence-electron chi connectivity index (χ4n) is 1.12. The van der Waals surface area contributed by atoms with Crippen molar-refractivity contribution in [3.05, 3.63) is 29.3 Å². The maximum absolute atomic E-state index is 11.6. The number of aromatic amines is 1. The minimum Gasteiger partial charge on any atom is -0.361 e. The number of nitrogens with zero attached hydrogens (tertiary/aromatic N) is 3. The van der Waals surface area contributed by atoms with E-state index >= 15 is 0 Å². The number of amides is 1. The van der Waals surface area contributed by atoms with Crippen LogP contribution in [0.3, 0.4) is 0 Å². The standard InChI is InChI=1S/C9H7N5O2/c1-5-2-7(14-16-5)9(15)12-8-6(3-10)4-11-13-8/h2,4H,1H3,(H2,11,12,13,15). The number of anilines is 1.